The maximum atomic E-state index is 12.6. The van der Waals surface area contributed by atoms with Crippen molar-refractivity contribution >= 4 is 5.91 Å². The van der Waals surface area contributed by atoms with Crippen LogP contribution < -0.4 is 9.47 Å². The van der Waals surface area contributed by atoms with Crippen LogP contribution in [0.25, 0.3) is 0 Å². The molecule has 0 spiro atoms. The van der Waals surface area contributed by atoms with E-state index >= 15 is 0 Å². The summed E-state index contributed by atoms with van der Waals surface area (Å²) in [5.74, 6) is 0.0987. The van der Waals surface area contributed by atoms with Crippen LogP contribution in [0.3, 0.4) is 0 Å². The first-order valence-electron chi connectivity index (χ1n) is 7.96. The fourth-order valence-corrected chi connectivity index (χ4v) is 2.41. The van der Waals surface area contributed by atoms with E-state index in [-0.39, 0.29) is 24.9 Å². The van der Waals surface area contributed by atoms with Gasteiger partial charge < -0.3 is 14.4 Å². The van der Waals surface area contributed by atoms with Crippen molar-refractivity contribution in [1.29, 1.82) is 0 Å². The Labute approximate surface area is 147 Å². The van der Waals surface area contributed by atoms with Gasteiger partial charge >= 0.3 is 6.18 Å². The predicted molar refractivity (Wildman–Crippen MR) is 85.0 cm³/mol. The van der Waals surface area contributed by atoms with Crippen LogP contribution in [-0.2, 0) is 6.18 Å². The van der Waals surface area contributed by atoms with Gasteiger partial charge in [-0.2, -0.15) is 13.2 Å². The number of carbonyl (C=O) groups excluding carboxylic acids is 1. The lowest BCUT2D eigenvalue weighted by Crippen LogP contribution is -2.56. The van der Waals surface area contributed by atoms with Gasteiger partial charge in [-0.3, -0.25) is 4.79 Å². The summed E-state index contributed by atoms with van der Waals surface area (Å²) < 4.78 is 48.6. The molecule has 0 atom stereocenters. The zero-order valence-electron chi connectivity index (χ0n) is 13.9. The van der Waals surface area contributed by atoms with E-state index in [0.29, 0.717) is 18.1 Å². The Morgan fingerprint density at radius 2 is 2.00 bits per heavy atom. The number of pyridine rings is 2. The third-order valence-electron chi connectivity index (χ3n) is 3.71. The first kappa shape index (κ1) is 18.0. The maximum Gasteiger partial charge on any atom is 0.433 e. The molecule has 3 rings (SSSR count). The topological polar surface area (TPSA) is 64.5 Å². The lowest BCUT2D eigenvalue weighted by Gasteiger charge is -2.38. The second-order valence-corrected chi connectivity index (χ2v) is 5.63. The lowest BCUT2D eigenvalue weighted by atomic mass is 10.1. The number of likely N-dealkylation sites (tertiary alicyclic amines) is 1. The summed E-state index contributed by atoms with van der Waals surface area (Å²) in [6, 6.07) is 6.69. The van der Waals surface area contributed by atoms with Crippen molar-refractivity contribution in [3.05, 3.63) is 47.8 Å². The van der Waals surface area contributed by atoms with Gasteiger partial charge in [0.15, 0.2) is 0 Å². The number of carbonyl (C=O) groups is 1. The number of hydrogen-bond acceptors (Lipinski definition) is 5. The van der Waals surface area contributed by atoms with E-state index < -0.39 is 18.0 Å². The molecule has 9 heteroatoms. The normalized spacial score (nSPS) is 14.7. The van der Waals surface area contributed by atoms with E-state index in [2.05, 4.69) is 9.97 Å². The number of rotatable bonds is 5. The van der Waals surface area contributed by atoms with Crippen LogP contribution in [0.5, 0.6) is 11.8 Å². The fourth-order valence-electron chi connectivity index (χ4n) is 2.41. The molecule has 0 bridgehead atoms. The molecule has 1 fully saturated rings. The van der Waals surface area contributed by atoms with E-state index in [1.165, 1.54) is 23.2 Å². The zero-order valence-corrected chi connectivity index (χ0v) is 13.9. The van der Waals surface area contributed by atoms with Crippen LogP contribution in [0.15, 0.2) is 36.5 Å². The Morgan fingerprint density at radius 1 is 1.23 bits per heavy atom. The molecular formula is C17H16F3N3O3. The van der Waals surface area contributed by atoms with E-state index in [9.17, 15) is 18.0 Å². The van der Waals surface area contributed by atoms with Gasteiger partial charge in [0.05, 0.1) is 25.3 Å². The highest BCUT2D eigenvalue weighted by molar-refractivity contribution is 5.94. The molecule has 2 aromatic rings. The Bertz CT molecular complexity index is 775. The van der Waals surface area contributed by atoms with Crippen molar-refractivity contribution in [3.8, 4) is 11.8 Å². The van der Waals surface area contributed by atoms with Crippen molar-refractivity contribution < 1.29 is 27.4 Å². The minimum atomic E-state index is -4.53. The van der Waals surface area contributed by atoms with E-state index in [1.807, 2.05) is 6.92 Å². The van der Waals surface area contributed by atoms with Gasteiger partial charge in [0.1, 0.15) is 11.8 Å². The molecule has 0 saturated carbocycles. The van der Waals surface area contributed by atoms with Gasteiger partial charge in [-0.1, -0.05) is 6.07 Å². The molecule has 0 aromatic carbocycles. The molecule has 1 amide bonds. The van der Waals surface area contributed by atoms with Crippen molar-refractivity contribution in [1.82, 2.24) is 14.9 Å². The summed E-state index contributed by atoms with van der Waals surface area (Å²) in [7, 11) is 0. The van der Waals surface area contributed by atoms with Crippen LogP contribution >= 0.6 is 0 Å². The third kappa shape index (κ3) is 4.04. The standard InChI is InChI=1S/C17H16F3N3O3/c1-2-25-14-7-6-11(8-21-14)16(24)23-9-12(10-23)26-15-5-3-4-13(22-15)17(18,19)20/h3-8,12H,2,9-10H2,1H3. The molecule has 0 aliphatic carbocycles. The molecule has 0 N–H and O–H groups in total. The van der Waals surface area contributed by atoms with Gasteiger partial charge in [-0.15, -0.1) is 0 Å². The van der Waals surface area contributed by atoms with Gasteiger partial charge in [-0.05, 0) is 19.1 Å². The summed E-state index contributed by atoms with van der Waals surface area (Å²) in [5, 5.41) is 0. The van der Waals surface area contributed by atoms with Crippen LogP contribution in [0.4, 0.5) is 13.2 Å². The van der Waals surface area contributed by atoms with Crippen molar-refractivity contribution in [2.24, 2.45) is 0 Å². The number of nitrogens with zero attached hydrogens (tertiary/aromatic N) is 3. The molecule has 1 aliphatic rings. The van der Waals surface area contributed by atoms with Crippen LogP contribution in [0, 0.1) is 0 Å². The second kappa shape index (κ2) is 7.19. The molecule has 1 saturated heterocycles. The number of aromatic nitrogens is 2. The average Bonchev–Trinajstić information content (AvgIpc) is 2.58. The highest BCUT2D eigenvalue weighted by Gasteiger charge is 2.35. The molecule has 26 heavy (non-hydrogen) atoms. The number of hydrogen-bond donors (Lipinski definition) is 0. The maximum absolute atomic E-state index is 12.6. The highest BCUT2D eigenvalue weighted by Crippen LogP contribution is 2.29. The van der Waals surface area contributed by atoms with Crippen molar-refractivity contribution in [2.75, 3.05) is 19.7 Å². The Hall–Kier alpha value is -2.84. The molecule has 138 valence electrons. The van der Waals surface area contributed by atoms with Crippen molar-refractivity contribution in [2.45, 2.75) is 19.2 Å². The Kier molecular flexibility index (Phi) is 4.97. The summed E-state index contributed by atoms with van der Waals surface area (Å²) >= 11 is 0. The monoisotopic (exact) mass is 367 g/mol. The third-order valence-corrected chi connectivity index (χ3v) is 3.71. The quantitative estimate of drug-likeness (QED) is 0.813. The van der Waals surface area contributed by atoms with Gasteiger partial charge in [0.2, 0.25) is 11.8 Å². The number of ether oxygens (including phenoxy) is 2. The first-order valence-corrected chi connectivity index (χ1v) is 7.96. The highest BCUT2D eigenvalue weighted by atomic mass is 19.4. The van der Waals surface area contributed by atoms with Crippen LogP contribution in [0.2, 0.25) is 0 Å². The number of amides is 1. The summed E-state index contributed by atoms with van der Waals surface area (Å²) in [4.78, 5) is 21.3. The largest absolute Gasteiger partial charge is 0.478 e. The Balaban J connectivity index is 1.55. The smallest absolute Gasteiger partial charge is 0.433 e. The van der Waals surface area contributed by atoms with Gasteiger partial charge in [0.25, 0.3) is 5.91 Å². The second-order valence-electron chi connectivity index (χ2n) is 5.63. The van der Waals surface area contributed by atoms with E-state index in [0.717, 1.165) is 6.07 Å². The fraction of sp³-hybridized carbons (Fsp3) is 0.353. The summed E-state index contributed by atoms with van der Waals surface area (Å²) in [5.41, 5.74) is -0.605. The van der Waals surface area contributed by atoms with Crippen molar-refractivity contribution in [3.63, 3.8) is 0 Å². The first-order chi connectivity index (χ1) is 12.4. The summed E-state index contributed by atoms with van der Waals surface area (Å²) in [6.45, 7) is 2.85. The Morgan fingerprint density at radius 3 is 2.62 bits per heavy atom. The molecule has 6 nitrogen and oxygen atoms in total. The minimum absolute atomic E-state index is 0.111. The number of halogens is 3. The summed E-state index contributed by atoms with van der Waals surface area (Å²) in [6.07, 6.45) is -3.50. The molecule has 2 aromatic heterocycles. The molecule has 0 radical (unpaired) electrons. The number of alkyl halides is 3. The zero-order chi connectivity index (χ0) is 18.7. The average molecular weight is 367 g/mol. The SMILES string of the molecule is CCOc1ccc(C(=O)N2CC(Oc3cccc(C(F)(F)F)n3)C2)cn1. The lowest BCUT2D eigenvalue weighted by molar-refractivity contribution is -0.141. The van der Waals surface area contributed by atoms with Crippen LogP contribution in [-0.4, -0.2) is 46.6 Å². The molecular weight excluding hydrogens is 351 g/mol. The van der Waals surface area contributed by atoms with E-state index in [1.54, 1.807) is 12.1 Å². The van der Waals surface area contributed by atoms with Gasteiger partial charge in [0, 0.05) is 18.3 Å². The van der Waals surface area contributed by atoms with Gasteiger partial charge in [-0.25, -0.2) is 9.97 Å². The minimum Gasteiger partial charge on any atom is -0.478 e. The molecule has 1 aliphatic heterocycles. The van der Waals surface area contributed by atoms with E-state index in [4.69, 9.17) is 9.47 Å². The van der Waals surface area contributed by atoms with Crippen LogP contribution in [0.1, 0.15) is 23.0 Å². The molecule has 3 heterocycles. The predicted octanol–water partition coefficient (Wildman–Crippen LogP) is 2.80. The molecule has 0 unspecified atom stereocenters.